The van der Waals surface area contributed by atoms with E-state index in [1.54, 1.807) is 27.7 Å². The fraction of sp³-hybridized carbons (Fsp3) is 0.154. The molecule has 1 amide bonds. The molecule has 39 heavy (non-hydrogen) atoms. The first-order valence-corrected chi connectivity index (χ1v) is 11.9. The van der Waals surface area contributed by atoms with Crippen molar-refractivity contribution in [3.05, 3.63) is 81.8 Å². The van der Waals surface area contributed by atoms with E-state index < -0.39 is 5.91 Å². The number of primary amides is 1. The molecule has 6 rings (SSSR count). The Morgan fingerprint density at radius 1 is 1.18 bits per heavy atom. The third kappa shape index (κ3) is 4.86. The minimum absolute atomic E-state index is 0.154. The lowest BCUT2D eigenvalue weighted by atomic mass is 10.2. The quantitative estimate of drug-likeness (QED) is 0.295. The highest BCUT2D eigenvalue weighted by atomic mass is 16.5. The highest BCUT2D eigenvalue weighted by Crippen LogP contribution is 2.23. The van der Waals surface area contributed by atoms with Gasteiger partial charge in [0.15, 0.2) is 11.5 Å². The molecule has 5 aromatic rings. The van der Waals surface area contributed by atoms with Crippen LogP contribution in [0.15, 0.2) is 58.0 Å². The molecule has 1 aromatic carbocycles. The lowest BCUT2D eigenvalue weighted by Crippen LogP contribution is -2.23. The molecule has 0 bridgehead atoms. The normalized spacial score (nSPS) is 11.6. The van der Waals surface area contributed by atoms with Crippen molar-refractivity contribution in [2.24, 2.45) is 12.8 Å². The van der Waals surface area contributed by atoms with Crippen LogP contribution in [0.2, 0.25) is 0 Å². The van der Waals surface area contributed by atoms with Gasteiger partial charge in [-0.2, -0.15) is 10.1 Å². The number of fused-ring (bicyclic) bond motifs is 2. The maximum Gasteiger partial charge on any atom is 0.272 e. The smallest absolute Gasteiger partial charge is 0.272 e. The number of rotatable bonds is 3. The van der Waals surface area contributed by atoms with Crippen molar-refractivity contribution < 1.29 is 9.32 Å². The topological polar surface area (TPSA) is 178 Å². The summed E-state index contributed by atoms with van der Waals surface area (Å²) in [4.78, 5) is 28.6. The highest BCUT2D eigenvalue weighted by Gasteiger charge is 2.20. The average molecular weight is 525 g/mol. The summed E-state index contributed by atoms with van der Waals surface area (Å²) in [5.74, 6) is 6.52. The lowest BCUT2D eigenvalue weighted by molar-refractivity contribution is 0.100. The molecular weight excluding hydrogens is 500 g/mol. The zero-order valence-electron chi connectivity index (χ0n) is 21.1. The zero-order valence-corrected chi connectivity index (χ0v) is 21.1. The second kappa shape index (κ2) is 10.4. The summed E-state index contributed by atoms with van der Waals surface area (Å²) in [6.45, 7) is 2.58. The summed E-state index contributed by atoms with van der Waals surface area (Å²) in [5, 5.41) is 15.3. The third-order valence-corrected chi connectivity index (χ3v) is 5.75. The fourth-order valence-electron chi connectivity index (χ4n) is 4.00. The van der Waals surface area contributed by atoms with Crippen LogP contribution in [0.5, 0.6) is 0 Å². The molecule has 0 fully saturated rings. The predicted octanol–water partition coefficient (Wildman–Crippen LogP) is 1.53. The number of anilines is 2. The minimum Gasteiger partial charge on any atom is -0.381 e. The molecule has 1 aliphatic rings. The Kier molecular flexibility index (Phi) is 6.66. The standard InChI is InChI=1S/C19H15N5O2.C7H9N5O/c1-3-16-20-18-17(19(25)24(16)14-7-5-4-6-8-14)15(22-26-18)10-9-13-11-12-23(2)21-13;8-5-4(6(9)13)7-10-2-1-3-12(7)11-5/h4-8,11-12H,3H2,1-2H3;1,3,10H,2H2,(H2,8,11)(H2,9,13). The molecule has 0 saturated heterocycles. The molecule has 13 nitrogen and oxygen atoms in total. The van der Waals surface area contributed by atoms with Gasteiger partial charge < -0.3 is 21.3 Å². The van der Waals surface area contributed by atoms with Crippen molar-refractivity contribution in [2.45, 2.75) is 13.3 Å². The number of carbonyl (C=O) groups excluding carboxylic acids is 1. The molecular formula is C26H24N10O3. The molecule has 196 valence electrons. The Bertz CT molecular complexity index is 1830. The maximum absolute atomic E-state index is 13.1. The molecule has 0 saturated carbocycles. The first-order valence-electron chi connectivity index (χ1n) is 11.9. The van der Waals surface area contributed by atoms with Crippen molar-refractivity contribution in [1.82, 2.24) is 34.3 Å². The van der Waals surface area contributed by atoms with Gasteiger partial charge in [0.1, 0.15) is 28.3 Å². The number of carbonyl (C=O) groups is 1. The first-order chi connectivity index (χ1) is 18.9. The van der Waals surface area contributed by atoms with Gasteiger partial charge in [0.2, 0.25) is 0 Å². The zero-order chi connectivity index (χ0) is 27.5. The summed E-state index contributed by atoms with van der Waals surface area (Å²) < 4.78 is 9.98. The van der Waals surface area contributed by atoms with E-state index in [4.69, 9.17) is 16.0 Å². The maximum atomic E-state index is 13.1. The van der Waals surface area contributed by atoms with E-state index in [1.165, 1.54) is 4.68 Å². The van der Waals surface area contributed by atoms with Gasteiger partial charge in [0.05, 0.1) is 5.69 Å². The molecule has 4 aromatic heterocycles. The van der Waals surface area contributed by atoms with Crippen LogP contribution >= 0.6 is 0 Å². The van der Waals surface area contributed by atoms with Crippen LogP contribution in [0.25, 0.3) is 23.0 Å². The molecule has 13 heteroatoms. The van der Waals surface area contributed by atoms with E-state index in [0.29, 0.717) is 30.3 Å². The molecule has 0 aliphatic carbocycles. The van der Waals surface area contributed by atoms with E-state index in [0.717, 1.165) is 5.69 Å². The summed E-state index contributed by atoms with van der Waals surface area (Å²) >= 11 is 0. The number of nitrogens with two attached hydrogens (primary N) is 2. The first kappa shape index (κ1) is 25.0. The number of benzene rings is 1. The summed E-state index contributed by atoms with van der Waals surface area (Å²) in [5.41, 5.74) is 12.5. The molecule has 5 heterocycles. The number of para-hydroxylation sites is 1. The Hall–Kier alpha value is -5.64. The number of aromatic nitrogens is 7. The second-order valence-corrected chi connectivity index (χ2v) is 8.38. The monoisotopic (exact) mass is 524 g/mol. The van der Waals surface area contributed by atoms with Crippen molar-refractivity contribution in [3.8, 4) is 17.5 Å². The Morgan fingerprint density at radius 3 is 2.67 bits per heavy atom. The van der Waals surface area contributed by atoms with Crippen LogP contribution in [0.4, 0.5) is 11.6 Å². The molecule has 0 spiro atoms. The molecule has 0 unspecified atom stereocenters. The Morgan fingerprint density at radius 2 is 1.97 bits per heavy atom. The minimum atomic E-state index is -0.568. The van der Waals surface area contributed by atoms with Crippen molar-refractivity contribution in [1.29, 1.82) is 0 Å². The summed E-state index contributed by atoms with van der Waals surface area (Å²) in [6.07, 6.45) is 5.97. The van der Waals surface area contributed by atoms with Gasteiger partial charge in [0, 0.05) is 32.4 Å². The molecule has 5 N–H and O–H groups in total. The average Bonchev–Trinajstić information content (AvgIpc) is 3.63. The van der Waals surface area contributed by atoms with Crippen LogP contribution < -0.4 is 22.3 Å². The van der Waals surface area contributed by atoms with Gasteiger partial charge in [0.25, 0.3) is 17.2 Å². The van der Waals surface area contributed by atoms with Crippen molar-refractivity contribution >= 4 is 34.8 Å². The number of hydrogen-bond acceptors (Lipinski definition) is 9. The highest BCUT2D eigenvalue weighted by molar-refractivity contribution is 6.02. The molecule has 0 atom stereocenters. The molecule has 0 radical (unpaired) electrons. The number of hydrogen-bond donors (Lipinski definition) is 3. The fourth-order valence-corrected chi connectivity index (χ4v) is 4.00. The number of amides is 1. The SMILES string of the molecule is CCc1nc2onc(C#Cc3ccn(C)n3)c2c(=O)n1-c1ccccc1.NC(=O)c1c(N)nn2c1NCC=C2. The van der Waals surface area contributed by atoms with Crippen LogP contribution in [-0.4, -0.2) is 46.7 Å². The number of nitrogens with one attached hydrogen (secondary N) is 1. The van der Waals surface area contributed by atoms with E-state index in [9.17, 15) is 9.59 Å². The van der Waals surface area contributed by atoms with Crippen LogP contribution in [-0.2, 0) is 13.5 Å². The van der Waals surface area contributed by atoms with Gasteiger partial charge in [-0.15, -0.1) is 5.10 Å². The lowest BCUT2D eigenvalue weighted by Gasteiger charge is -2.10. The van der Waals surface area contributed by atoms with Crippen LogP contribution in [0, 0.1) is 11.8 Å². The van der Waals surface area contributed by atoms with Crippen LogP contribution in [0.1, 0.15) is 34.5 Å². The van der Waals surface area contributed by atoms with E-state index in [-0.39, 0.29) is 33.7 Å². The van der Waals surface area contributed by atoms with E-state index in [2.05, 4.69) is 37.5 Å². The van der Waals surface area contributed by atoms with Crippen molar-refractivity contribution in [3.63, 3.8) is 0 Å². The van der Waals surface area contributed by atoms with Gasteiger partial charge in [-0.3, -0.25) is 18.8 Å². The van der Waals surface area contributed by atoms with Gasteiger partial charge in [-0.05, 0) is 36.1 Å². The van der Waals surface area contributed by atoms with Gasteiger partial charge in [-0.25, -0.2) is 4.68 Å². The number of nitrogen functional groups attached to an aromatic ring is 1. The Labute approximate surface area is 221 Å². The van der Waals surface area contributed by atoms with Crippen molar-refractivity contribution in [2.75, 3.05) is 17.6 Å². The Balaban J connectivity index is 0.000000198. The number of aryl methyl sites for hydroxylation is 2. The van der Waals surface area contributed by atoms with Gasteiger partial charge in [-0.1, -0.05) is 30.3 Å². The largest absolute Gasteiger partial charge is 0.381 e. The van der Waals surface area contributed by atoms with E-state index >= 15 is 0 Å². The summed E-state index contributed by atoms with van der Waals surface area (Å²) in [6, 6.07) is 11.2. The van der Waals surface area contributed by atoms with Crippen LogP contribution in [0.3, 0.4) is 0 Å². The summed E-state index contributed by atoms with van der Waals surface area (Å²) in [7, 11) is 1.81. The predicted molar refractivity (Wildman–Crippen MR) is 145 cm³/mol. The number of nitrogens with zero attached hydrogens (tertiary/aromatic N) is 7. The third-order valence-electron chi connectivity index (χ3n) is 5.75. The molecule has 1 aliphatic heterocycles. The van der Waals surface area contributed by atoms with Gasteiger partial charge >= 0.3 is 0 Å². The second-order valence-electron chi connectivity index (χ2n) is 8.38. The van der Waals surface area contributed by atoms with E-state index in [1.807, 2.05) is 50.4 Å².